The Balaban J connectivity index is 3.10. The van der Waals surface area contributed by atoms with Crippen molar-refractivity contribution in [1.29, 1.82) is 0 Å². The lowest BCUT2D eigenvalue weighted by molar-refractivity contribution is -0.109. The summed E-state index contributed by atoms with van der Waals surface area (Å²) in [5.41, 5.74) is 10.2. The van der Waals surface area contributed by atoms with E-state index in [1.807, 2.05) is 0 Å². The molecule has 0 spiro atoms. The molecule has 0 radical (unpaired) electrons. The van der Waals surface area contributed by atoms with E-state index in [4.69, 9.17) is 11.5 Å². The maximum Gasteiger partial charge on any atom is 0.312 e. The molecule has 0 saturated carbocycles. The predicted molar refractivity (Wildman–Crippen MR) is 45.5 cm³/mol. The molecule has 0 aromatic heterocycles. The molecule has 0 bridgehead atoms. The van der Waals surface area contributed by atoms with Crippen molar-refractivity contribution in [3.63, 3.8) is 0 Å². The Hall–Kier alpha value is -1.10. The molecule has 0 aliphatic carbocycles. The minimum atomic E-state index is -0.519. The van der Waals surface area contributed by atoms with Crippen molar-refractivity contribution in [1.82, 2.24) is 5.32 Å². The van der Waals surface area contributed by atoms with Gasteiger partial charge >= 0.3 is 6.03 Å². The third-order valence-corrected chi connectivity index (χ3v) is 1.44. The third kappa shape index (κ3) is 7.01. The lowest BCUT2D eigenvalue weighted by atomic mass is 10.1. The number of nitrogens with two attached hydrogens (primary N) is 2. The van der Waals surface area contributed by atoms with E-state index in [0.29, 0.717) is 13.0 Å². The van der Waals surface area contributed by atoms with E-state index >= 15 is 0 Å². The second-order valence-corrected chi connectivity index (χ2v) is 2.59. The molecule has 1 atom stereocenters. The number of carbonyl (C=O) groups is 2. The van der Waals surface area contributed by atoms with Crippen LogP contribution in [0.2, 0.25) is 0 Å². The molecule has 5 nitrogen and oxygen atoms in total. The molecule has 5 heteroatoms. The molecule has 0 saturated heterocycles. The highest BCUT2D eigenvalue weighted by atomic mass is 16.2. The van der Waals surface area contributed by atoms with Gasteiger partial charge in [-0.3, -0.25) is 0 Å². The summed E-state index contributed by atoms with van der Waals surface area (Å²) in [5, 5.41) is 2.45. The van der Waals surface area contributed by atoms with Crippen LogP contribution in [0.1, 0.15) is 19.3 Å². The normalized spacial score (nSPS) is 12.1. The molecule has 0 rings (SSSR count). The first-order valence-corrected chi connectivity index (χ1v) is 3.91. The molecule has 0 unspecified atom stereocenters. The number of nitrogens with one attached hydrogen (secondary N) is 1. The molecule has 2 amide bonds. The van der Waals surface area contributed by atoms with Gasteiger partial charge in [-0.15, -0.1) is 0 Å². The Bertz CT molecular complexity index is 150. The highest BCUT2D eigenvalue weighted by molar-refractivity contribution is 5.71. The van der Waals surface area contributed by atoms with Crippen molar-refractivity contribution >= 4 is 12.3 Å². The van der Waals surface area contributed by atoms with E-state index in [1.165, 1.54) is 0 Å². The Labute approximate surface area is 71.5 Å². The van der Waals surface area contributed by atoms with Gasteiger partial charge in [-0.1, -0.05) is 0 Å². The number of urea groups is 1. The Kier molecular flexibility index (Phi) is 6.00. The summed E-state index contributed by atoms with van der Waals surface area (Å²) in [6.07, 6.45) is 3.00. The van der Waals surface area contributed by atoms with Crippen LogP contribution < -0.4 is 16.8 Å². The van der Waals surface area contributed by atoms with Gasteiger partial charge in [-0.05, 0) is 19.3 Å². The molecule has 70 valence electrons. The summed E-state index contributed by atoms with van der Waals surface area (Å²) < 4.78 is 0. The lowest BCUT2D eigenvalue weighted by Gasteiger charge is -2.03. The van der Waals surface area contributed by atoms with Gasteiger partial charge in [0.05, 0.1) is 6.04 Å². The average Bonchev–Trinajstić information content (AvgIpc) is 2.03. The molecule has 0 aliphatic heterocycles. The largest absolute Gasteiger partial charge is 0.352 e. The van der Waals surface area contributed by atoms with E-state index in [-0.39, 0.29) is 6.04 Å². The van der Waals surface area contributed by atoms with Crippen LogP contribution >= 0.6 is 0 Å². The van der Waals surface area contributed by atoms with Crippen LogP contribution in [-0.2, 0) is 4.79 Å². The molecule has 0 aliphatic rings. The quantitative estimate of drug-likeness (QED) is 0.367. The first kappa shape index (κ1) is 10.9. The molecular formula is C7H15N3O2. The fraction of sp³-hybridized carbons (Fsp3) is 0.714. The zero-order valence-corrected chi connectivity index (χ0v) is 6.95. The Morgan fingerprint density at radius 2 is 2.17 bits per heavy atom. The highest BCUT2D eigenvalue weighted by Crippen LogP contribution is 1.95. The van der Waals surface area contributed by atoms with E-state index in [9.17, 15) is 9.59 Å². The topological polar surface area (TPSA) is 98.2 Å². The highest BCUT2D eigenvalue weighted by Gasteiger charge is 1.98. The monoisotopic (exact) mass is 173 g/mol. The average molecular weight is 173 g/mol. The summed E-state index contributed by atoms with van der Waals surface area (Å²) in [5.74, 6) is 0. The second-order valence-electron chi connectivity index (χ2n) is 2.59. The number of primary amides is 1. The number of hydrogen-bond donors (Lipinski definition) is 3. The standard InChI is InChI=1S/C7H15N3O2/c8-6(5-11)3-1-2-4-10-7(9)12/h5-6H,1-4,8H2,(H3,9,10,12)/t6-/m1/s1. The van der Waals surface area contributed by atoms with Crippen molar-refractivity contribution < 1.29 is 9.59 Å². The number of carbonyl (C=O) groups excluding carboxylic acids is 2. The summed E-state index contributed by atoms with van der Waals surface area (Å²) in [7, 11) is 0. The van der Waals surface area contributed by atoms with Crippen LogP contribution in [0, 0.1) is 0 Å². The summed E-state index contributed by atoms with van der Waals surface area (Å²) in [4.78, 5) is 20.2. The zero-order valence-electron chi connectivity index (χ0n) is 6.95. The number of unbranched alkanes of at least 4 members (excludes halogenated alkanes) is 1. The molecule has 0 heterocycles. The Morgan fingerprint density at radius 1 is 1.50 bits per heavy atom. The van der Waals surface area contributed by atoms with Crippen LogP contribution in [0.25, 0.3) is 0 Å². The zero-order chi connectivity index (χ0) is 9.40. The lowest BCUT2D eigenvalue weighted by Crippen LogP contribution is -2.30. The SMILES string of the molecule is NC(=O)NCCCC[C@@H](N)C=O. The Morgan fingerprint density at radius 3 is 2.67 bits per heavy atom. The van der Waals surface area contributed by atoms with Gasteiger partial charge in [0, 0.05) is 6.54 Å². The number of hydrogen-bond acceptors (Lipinski definition) is 3. The smallest absolute Gasteiger partial charge is 0.312 e. The van der Waals surface area contributed by atoms with E-state index in [0.717, 1.165) is 19.1 Å². The van der Waals surface area contributed by atoms with Crippen molar-refractivity contribution in [3.05, 3.63) is 0 Å². The van der Waals surface area contributed by atoms with Gasteiger partial charge < -0.3 is 21.6 Å². The van der Waals surface area contributed by atoms with E-state index < -0.39 is 6.03 Å². The second kappa shape index (κ2) is 6.60. The van der Waals surface area contributed by atoms with Gasteiger partial charge in [-0.2, -0.15) is 0 Å². The third-order valence-electron chi connectivity index (χ3n) is 1.44. The van der Waals surface area contributed by atoms with Crippen molar-refractivity contribution in [2.75, 3.05) is 6.54 Å². The molecule has 0 fully saturated rings. The van der Waals surface area contributed by atoms with Gasteiger partial charge in [0.1, 0.15) is 6.29 Å². The van der Waals surface area contributed by atoms with Gasteiger partial charge in [-0.25, -0.2) is 4.79 Å². The molecule has 0 aromatic carbocycles. The van der Waals surface area contributed by atoms with Crippen LogP contribution in [0.3, 0.4) is 0 Å². The van der Waals surface area contributed by atoms with Crippen molar-refractivity contribution in [2.24, 2.45) is 11.5 Å². The van der Waals surface area contributed by atoms with E-state index in [1.54, 1.807) is 0 Å². The predicted octanol–water partition coefficient (Wildman–Crippen LogP) is -0.649. The van der Waals surface area contributed by atoms with Gasteiger partial charge in [0.15, 0.2) is 0 Å². The van der Waals surface area contributed by atoms with Crippen LogP contribution in [0.15, 0.2) is 0 Å². The molecular weight excluding hydrogens is 158 g/mol. The number of rotatable bonds is 6. The van der Waals surface area contributed by atoms with Gasteiger partial charge in [0.2, 0.25) is 0 Å². The summed E-state index contributed by atoms with van der Waals surface area (Å²) in [6.45, 7) is 0.543. The maximum absolute atomic E-state index is 10.2. The fourth-order valence-electron chi connectivity index (χ4n) is 0.785. The summed E-state index contributed by atoms with van der Waals surface area (Å²) >= 11 is 0. The van der Waals surface area contributed by atoms with Crippen LogP contribution in [-0.4, -0.2) is 24.9 Å². The fourth-order valence-corrected chi connectivity index (χ4v) is 0.785. The molecule has 5 N–H and O–H groups in total. The van der Waals surface area contributed by atoms with Crippen molar-refractivity contribution in [3.8, 4) is 0 Å². The molecule has 12 heavy (non-hydrogen) atoms. The first-order valence-electron chi connectivity index (χ1n) is 3.91. The van der Waals surface area contributed by atoms with Gasteiger partial charge in [0.25, 0.3) is 0 Å². The van der Waals surface area contributed by atoms with Crippen molar-refractivity contribution in [2.45, 2.75) is 25.3 Å². The minimum Gasteiger partial charge on any atom is -0.352 e. The summed E-state index contributed by atoms with van der Waals surface area (Å²) in [6, 6.07) is -0.895. The molecule has 0 aromatic rings. The van der Waals surface area contributed by atoms with Crippen LogP contribution in [0.4, 0.5) is 4.79 Å². The maximum atomic E-state index is 10.2. The number of amides is 2. The first-order chi connectivity index (χ1) is 5.66. The number of aldehydes is 1. The van der Waals surface area contributed by atoms with E-state index in [2.05, 4.69) is 5.32 Å². The minimum absolute atomic E-state index is 0.376. The van der Waals surface area contributed by atoms with Crippen LogP contribution in [0.5, 0.6) is 0 Å².